The van der Waals surface area contributed by atoms with Crippen molar-refractivity contribution in [1.29, 1.82) is 0 Å². The maximum absolute atomic E-state index is 6.08. The van der Waals surface area contributed by atoms with E-state index in [0.717, 1.165) is 11.8 Å². The molecule has 0 aromatic rings. The lowest BCUT2D eigenvalue weighted by Crippen LogP contribution is -2.36. The van der Waals surface area contributed by atoms with Crippen molar-refractivity contribution in [3.63, 3.8) is 0 Å². The molecular formula is C16H29NO. The molecule has 0 amide bonds. The number of rotatable bonds is 6. The summed E-state index contributed by atoms with van der Waals surface area (Å²) in [4.78, 5) is 0. The van der Waals surface area contributed by atoms with Crippen molar-refractivity contribution in [1.82, 2.24) is 5.32 Å². The summed E-state index contributed by atoms with van der Waals surface area (Å²) in [5.41, 5.74) is 0.581. The van der Waals surface area contributed by atoms with Crippen molar-refractivity contribution in [2.24, 2.45) is 17.3 Å². The van der Waals surface area contributed by atoms with Crippen molar-refractivity contribution in [2.75, 3.05) is 13.1 Å². The summed E-state index contributed by atoms with van der Waals surface area (Å²) in [7, 11) is 0. The van der Waals surface area contributed by atoms with Crippen LogP contribution in [-0.4, -0.2) is 25.3 Å². The molecule has 3 fully saturated rings. The molecule has 1 N–H and O–H groups in total. The summed E-state index contributed by atoms with van der Waals surface area (Å²) in [5, 5.41) is 3.69. The lowest BCUT2D eigenvalue weighted by atomic mass is 9.77. The molecule has 18 heavy (non-hydrogen) atoms. The van der Waals surface area contributed by atoms with Crippen molar-refractivity contribution in [3.05, 3.63) is 0 Å². The molecule has 1 saturated heterocycles. The Morgan fingerprint density at radius 2 is 2.00 bits per heavy atom. The van der Waals surface area contributed by atoms with E-state index in [1.807, 2.05) is 0 Å². The first-order valence-electron chi connectivity index (χ1n) is 8.07. The van der Waals surface area contributed by atoms with E-state index >= 15 is 0 Å². The minimum Gasteiger partial charge on any atom is -0.375 e. The van der Waals surface area contributed by atoms with Crippen LogP contribution in [0.2, 0.25) is 0 Å². The van der Waals surface area contributed by atoms with Crippen LogP contribution >= 0.6 is 0 Å². The van der Waals surface area contributed by atoms with Crippen LogP contribution in [0.15, 0.2) is 0 Å². The zero-order valence-electron chi connectivity index (χ0n) is 12.1. The third kappa shape index (κ3) is 2.75. The molecule has 0 radical (unpaired) electrons. The number of ether oxygens (including phenoxy) is 1. The zero-order chi connectivity index (χ0) is 12.6. The number of nitrogens with one attached hydrogen (secondary N) is 1. The Bertz CT molecular complexity index is 281. The van der Waals surface area contributed by atoms with E-state index in [9.17, 15) is 0 Å². The van der Waals surface area contributed by atoms with Gasteiger partial charge >= 0.3 is 0 Å². The molecule has 2 nitrogen and oxygen atoms in total. The molecule has 2 heteroatoms. The highest BCUT2D eigenvalue weighted by Gasteiger charge is 2.54. The van der Waals surface area contributed by atoms with Crippen LogP contribution < -0.4 is 5.32 Å². The van der Waals surface area contributed by atoms with Gasteiger partial charge in [-0.1, -0.05) is 6.92 Å². The van der Waals surface area contributed by atoms with Gasteiger partial charge in [-0.3, -0.25) is 0 Å². The molecule has 1 heterocycles. The van der Waals surface area contributed by atoms with E-state index in [1.165, 1.54) is 58.0 Å². The number of hydrogen-bond acceptors (Lipinski definition) is 2. The molecule has 4 atom stereocenters. The van der Waals surface area contributed by atoms with Crippen molar-refractivity contribution in [3.8, 4) is 0 Å². The normalized spacial score (nSPS) is 46.3. The summed E-state index contributed by atoms with van der Waals surface area (Å²) < 4.78 is 6.08. The van der Waals surface area contributed by atoms with Gasteiger partial charge in [0.25, 0.3) is 0 Å². The predicted molar refractivity (Wildman–Crippen MR) is 74.6 cm³/mol. The van der Waals surface area contributed by atoms with E-state index in [2.05, 4.69) is 19.2 Å². The fourth-order valence-electron chi connectivity index (χ4n) is 4.44. The molecule has 0 spiro atoms. The van der Waals surface area contributed by atoms with Gasteiger partial charge in [0, 0.05) is 6.54 Å². The van der Waals surface area contributed by atoms with E-state index in [-0.39, 0.29) is 0 Å². The summed E-state index contributed by atoms with van der Waals surface area (Å²) in [6.45, 7) is 6.91. The maximum atomic E-state index is 6.08. The minimum absolute atomic E-state index is 0.506. The monoisotopic (exact) mass is 251 g/mol. The highest BCUT2D eigenvalue weighted by Crippen LogP contribution is 2.61. The smallest absolute Gasteiger partial charge is 0.0585 e. The van der Waals surface area contributed by atoms with Crippen LogP contribution in [0.1, 0.15) is 58.8 Å². The molecule has 3 rings (SSSR count). The number of hydrogen-bond donors (Lipinski definition) is 1. The van der Waals surface area contributed by atoms with Crippen molar-refractivity contribution >= 4 is 0 Å². The van der Waals surface area contributed by atoms with Gasteiger partial charge in [-0.2, -0.15) is 0 Å². The Morgan fingerprint density at radius 3 is 2.61 bits per heavy atom. The van der Waals surface area contributed by atoms with Gasteiger partial charge < -0.3 is 10.1 Å². The quantitative estimate of drug-likeness (QED) is 0.731. The van der Waals surface area contributed by atoms with Crippen molar-refractivity contribution in [2.45, 2.75) is 71.0 Å². The Hall–Kier alpha value is -0.0800. The molecule has 2 aliphatic carbocycles. The van der Waals surface area contributed by atoms with Crippen LogP contribution in [0.25, 0.3) is 0 Å². The van der Waals surface area contributed by atoms with Gasteiger partial charge in [-0.25, -0.2) is 0 Å². The maximum Gasteiger partial charge on any atom is 0.0585 e. The van der Waals surface area contributed by atoms with Crippen LogP contribution in [0.5, 0.6) is 0 Å². The third-order valence-corrected chi connectivity index (χ3v) is 5.37. The summed E-state index contributed by atoms with van der Waals surface area (Å²) in [5.74, 6) is 2.15. The van der Waals surface area contributed by atoms with E-state index in [1.54, 1.807) is 0 Å². The molecule has 1 aliphatic heterocycles. The average molecular weight is 251 g/mol. The molecule has 104 valence electrons. The molecule has 0 bridgehead atoms. The largest absolute Gasteiger partial charge is 0.375 e. The Kier molecular flexibility index (Phi) is 3.68. The highest BCUT2D eigenvalue weighted by molar-refractivity contribution is 5.05. The topological polar surface area (TPSA) is 21.3 Å². The average Bonchev–Trinajstić information content (AvgIpc) is 2.76. The number of fused-ring (bicyclic) bond motifs is 1. The van der Waals surface area contributed by atoms with E-state index in [4.69, 9.17) is 4.74 Å². The van der Waals surface area contributed by atoms with Crippen LogP contribution in [-0.2, 0) is 4.74 Å². The molecule has 0 aromatic heterocycles. The van der Waals surface area contributed by atoms with Gasteiger partial charge in [0.1, 0.15) is 0 Å². The fourth-order valence-corrected chi connectivity index (χ4v) is 4.44. The first kappa shape index (κ1) is 12.9. The summed E-state index contributed by atoms with van der Waals surface area (Å²) in [6.07, 6.45) is 10.7. The minimum atomic E-state index is 0.506. The Labute approximate surface area is 112 Å². The van der Waals surface area contributed by atoms with Gasteiger partial charge in [-0.15, -0.1) is 0 Å². The Morgan fingerprint density at radius 1 is 1.22 bits per heavy atom. The van der Waals surface area contributed by atoms with Gasteiger partial charge in [0.05, 0.1) is 12.2 Å². The first-order chi connectivity index (χ1) is 8.71. The van der Waals surface area contributed by atoms with E-state index < -0.39 is 0 Å². The lowest BCUT2D eigenvalue weighted by Gasteiger charge is -2.34. The van der Waals surface area contributed by atoms with Crippen molar-refractivity contribution < 1.29 is 4.74 Å². The lowest BCUT2D eigenvalue weighted by molar-refractivity contribution is 0.0195. The van der Waals surface area contributed by atoms with Crippen LogP contribution in [0, 0.1) is 17.3 Å². The predicted octanol–water partition coefficient (Wildman–Crippen LogP) is 3.36. The molecule has 0 aromatic carbocycles. The standard InChI is InChI=1S/C16H29NO/c1-3-6-17-11-16(8-13-7-14(13)9-16)10-15-5-4-12(2)18-15/h12-15,17H,3-11H2,1-2H3. The highest BCUT2D eigenvalue weighted by atomic mass is 16.5. The second-order valence-corrected chi connectivity index (χ2v) is 7.19. The first-order valence-corrected chi connectivity index (χ1v) is 8.07. The zero-order valence-corrected chi connectivity index (χ0v) is 12.1. The third-order valence-electron chi connectivity index (χ3n) is 5.37. The second kappa shape index (κ2) is 5.13. The van der Waals surface area contributed by atoms with Gasteiger partial charge in [-0.05, 0) is 75.7 Å². The van der Waals surface area contributed by atoms with Gasteiger partial charge in [0.2, 0.25) is 0 Å². The van der Waals surface area contributed by atoms with Crippen LogP contribution in [0.3, 0.4) is 0 Å². The van der Waals surface area contributed by atoms with Gasteiger partial charge in [0.15, 0.2) is 0 Å². The SMILES string of the molecule is CCCNCC1(CC2CCC(C)O2)CC2CC2C1. The van der Waals surface area contributed by atoms with E-state index in [0.29, 0.717) is 17.6 Å². The molecule has 4 unspecified atom stereocenters. The summed E-state index contributed by atoms with van der Waals surface area (Å²) >= 11 is 0. The fraction of sp³-hybridized carbons (Fsp3) is 1.00. The van der Waals surface area contributed by atoms with Crippen LogP contribution in [0.4, 0.5) is 0 Å². The summed E-state index contributed by atoms with van der Waals surface area (Å²) in [6, 6.07) is 0. The molecule has 3 aliphatic rings. The molecule has 2 saturated carbocycles. The second-order valence-electron chi connectivity index (χ2n) is 7.19. The molecular weight excluding hydrogens is 222 g/mol. The Balaban J connectivity index is 1.55.